The lowest BCUT2D eigenvalue weighted by molar-refractivity contribution is -0.140. The molecule has 1 aliphatic carbocycles. The van der Waals surface area contributed by atoms with E-state index in [1.807, 2.05) is 0 Å². The van der Waals surface area contributed by atoms with Crippen molar-refractivity contribution in [2.45, 2.75) is 133 Å². The van der Waals surface area contributed by atoms with E-state index in [1.165, 1.54) is 31.3 Å². The summed E-state index contributed by atoms with van der Waals surface area (Å²) >= 11 is 0. The number of carbonyl (C=O) groups excluding carboxylic acids is 12. The zero-order chi connectivity index (χ0) is 53.6. The van der Waals surface area contributed by atoms with E-state index in [0.29, 0.717) is 24.6 Å². The number of nitrogens with zero attached hydrogens (tertiary/aromatic N) is 1. The van der Waals surface area contributed by atoms with Crippen LogP contribution in [0.4, 0.5) is 0 Å². The van der Waals surface area contributed by atoms with Crippen molar-refractivity contribution in [3.05, 3.63) is 29.8 Å². The van der Waals surface area contributed by atoms with Crippen LogP contribution in [0.3, 0.4) is 0 Å². The van der Waals surface area contributed by atoms with Gasteiger partial charge in [0.25, 0.3) is 0 Å². The molecule has 3 rings (SSSR count). The summed E-state index contributed by atoms with van der Waals surface area (Å²) in [6, 6.07) is -0.257. The number of hydrogen-bond acceptors (Lipinski definition) is 15. The van der Waals surface area contributed by atoms with Gasteiger partial charge in [0.15, 0.2) is 0 Å². The van der Waals surface area contributed by atoms with Gasteiger partial charge in [-0.15, -0.1) is 0 Å². The van der Waals surface area contributed by atoms with Crippen LogP contribution >= 0.6 is 0 Å². The average Bonchev–Trinajstić information content (AvgIpc) is 3.33. The maximum atomic E-state index is 14.2. The number of primary amides is 3. The summed E-state index contributed by atoms with van der Waals surface area (Å²) in [5.41, 5.74) is 13.2. The number of carbonyl (C=O) groups is 12. The first-order chi connectivity index (χ1) is 34.0. The van der Waals surface area contributed by atoms with Crippen LogP contribution in [0.15, 0.2) is 24.3 Å². The van der Waals surface area contributed by atoms with E-state index in [-0.39, 0.29) is 37.6 Å². The third kappa shape index (κ3) is 19.6. The molecule has 72 heavy (non-hydrogen) atoms. The first kappa shape index (κ1) is 59.3. The van der Waals surface area contributed by atoms with Crippen LogP contribution in [0.1, 0.15) is 96.5 Å². The molecule has 0 aromatic heterocycles. The zero-order valence-corrected chi connectivity index (χ0v) is 41.2. The SMILES string of the molecule is CCC(C)C1NC(=O)[C@H](Cc2ccc(O)cc2)NC(=O)CNC(=O)CC[C@@H](C(=O)N(C)CC(=O)N[C@@](C=O)(CNCC(N)=O)CC2CCCCC2)NC(=O)[C@H](CC(N)=O)NC[C@](C=O)(CCC(N)=O)NC1=O. The minimum Gasteiger partial charge on any atom is -0.508 e. The number of nitrogens with two attached hydrogens (primary N) is 3. The van der Waals surface area contributed by atoms with E-state index in [4.69, 9.17) is 17.2 Å². The van der Waals surface area contributed by atoms with Crippen molar-refractivity contribution in [1.29, 1.82) is 0 Å². The molecule has 25 heteroatoms. The minimum absolute atomic E-state index is 0.0683. The number of benzene rings is 1. The molecule has 0 bridgehead atoms. The Hall–Kier alpha value is -7.02. The standard InChI is InChI=1S/C47H72N12O13/c1-4-28(2)41-44(71)58-46(26-60,17-16-35(48)63)25-53-33(19-36(49)64)42(69)55-32(14-15-38(66)52-22-39(67)54-34(43(70)56-41)18-29-10-12-31(62)13-11-29)45(72)59(3)23-40(68)57-47(27-61,24-51-21-37(50)65)20-30-8-6-5-7-9-30/h10-13,26-28,30,32-34,41,51,53,62H,4-9,14-25H2,1-3H3,(H2,48,63)(H2,49,64)(H2,50,65)(H,52,66)(H,54,67)(H,55,69)(H,56,70)(H,57,68)(H,58,71)/t28?,32-,33-,34-,41?,46-,47+/m0/s1. The van der Waals surface area contributed by atoms with Gasteiger partial charge in [0.1, 0.15) is 47.5 Å². The van der Waals surface area contributed by atoms with Crippen molar-refractivity contribution in [3.8, 4) is 5.75 Å². The van der Waals surface area contributed by atoms with Crippen LogP contribution in [0.5, 0.6) is 5.75 Å². The van der Waals surface area contributed by atoms with Crippen LogP contribution in [0, 0.1) is 11.8 Å². The Bertz CT molecular complexity index is 2120. The number of hydrogen-bond donors (Lipinski definition) is 12. The Balaban J connectivity index is 2.04. The first-order valence-corrected chi connectivity index (χ1v) is 24.1. The molecule has 1 aromatic carbocycles. The fourth-order valence-electron chi connectivity index (χ4n) is 8.59. The number of phenolic OH excluding ortho intramolecular Hbond substituents is 1. The third-order valence-electron chi connectivity index (χ3n) is 12.8. The molecule has 0 spiro atoms. The Morgan fingerprint density at radius 3 is 2.14 bits per heavy atom. The highest BCUT2D eigenvalue weighted by molar-refractivity contribution is 5.96. The highest BCUT2D eigenvalue weighted by atomic mass is 16.3. The number of aromatic hydroxyl groups is 1. The van der Waals surface area contributed by atoms with Gasteiger partial charge in [-0.3, -0.25) is 47.9 Å². The maximum absolute atomic E-state index is 14.2. The molecule has 10 amide bonds. The summed E-state index contributed by atoms with van der Waals surface area (Å²) in [4.78, 5) is 160. The molecule has 0 radical (unpaired) electrons. The number of rotatable bonds is 21. The monoisotopic (exact) mass is 1010 g/mol. The van der Waals surface area contributed by atoms with E-state index in [9.17, 15) is 62.6 Å². The Morgan fingerprint density at radius 2 is 1.54 bits per heavy atom. The van der Waals surface area contributed by atoms with E-state index in [1.54, 1.807) is 13.8 Å². The maximum Gasteiger partial charge on any atom is 0.245 e. The predicted octanol–water partition coefficient (Wildman–Crippen LogP) is -3.94. The third-order valence-corrected chi connectivity index (χ3v) is 12.8. The van der Waals surface area contributed by atoms with Gasteiger partial charge in [0.2, 0.25) is 59.1 Å². The number of nitrogens with one attached hydrogen (secondary N) is 8. The molecule has 2 unspecified atom stereocenters. The van der Waals surface area contributed by atoms with Gasteiger partial charge >= 0.3 is 0 Å². The molecule has 2 fully saturated rings. The Labute approximate surface area is 417 Å². The van der Waals surface area contributed by atoms with Crippen molar-refractivity contribution >= 4 is 71.6 Å². The van der Waals surface area contributed by atoms with Gasteiger partial charge in [-0.2, -0.15) is 0 Å². The number of aldehydes is 2. The van der Waals surface area contributed by atoms with Crippen LogP contribution in [0.25, 0.3) is 0 Å². The Kier molecular flexibility index (Phi) is 23.7. The lowest BCUT2D eigenvalue weighted by Crippen LogP contribution is -2.64. The summed E-state index contributed by atoms with van der Waals surface area (Å²) in [6.45, 7) is 0.929. The molecule has 398 valence electrons. The lowest BCUT2D eigenvalue weighted by Gasteiger charge is -2.35. The summed E-state index contributed by atoms with van der Waals surface area (Å²) < 4.78 is 0. The van der Waals surface area contributed by atoms with Gasteiger partial charge < -0.3 is 79.3 Å². The molecule has 1 aromatic rings. The molecule has 7 atom stereocenters. The summed E-state index contributed by atoms with van der Waals surface area (Å²) in [6.07, 6.45) is 3.12. The highest BCUT2D eigenvalue weighted by Gasteiger charge is 2.40. The predicted molar refractivity (Wildman–Crippen MR) is 258 cm³/mol. The van der Waals surface area contributed by atoms with Gasteiger partial charge in [-0.1, -0.05) is 64.5 Å². The Morgan fingerprint density at radius 1 is 0.875 bits per heavy atom. The second kappa shape index (κ2) is 28.7. The van der Waals surface area contributed by atoms with Gasteiger partial charge in [-0.25, -0.2) is 0 Å². The van der Waals surface area contributed by atoms with Crippen LogP contribution in [0.2, 0.25) is 0 Å². The van der Waals surface area contributed by atoms with Crippen molar-refractivity contribution in [1.82, 2.24) is 47.4 Å². The van der Waals surface area contributed by atoms with Gasteiger partial charge in [-0.05, 0) is 48.8 Å². The molecule has 1 heterocycles. The molecule has 1 aliphatic heterocycles. The van der Waals surface area contributed by atoms with Crippen LogP contribution < -0.4 is 59.7 Å². The molecule has 1 saturated heterocycles. The van der Waals surface area contributed by atoms with Crippen LogP contribution in [-0.2, 0) is 64.0 Å². The second-order valence-electron chi connectivity index (χ2n) is 18.9. The van der Waals surface area contributed by atoms with Gasteiger partial charge in [0.05, 0.1) is 32.1 Å². The smallest absolute Gasteiger partial charge is 0.245 e. The van der Waals surface area contributed by atoms with Crippen LogP contribution in [-0.4, -0.2) is 157 Å². The van der Waals surface area contributed by atoms with E-state index < -0.39 is 152 Å². The quantitative estimate of drug-likeness (QED) is 0.0523. The summed E-state index contributed by atoms with van der Waals surface area (Å²) in [7, 11) is 1.22. The summed E-state index contributed by atoms with van der Waals surface area (Å²) in [5, 5.41) is 30.8. The number of phenols is 1. The van der Waals surface area contributed by atoms with Crippen molar-refractivity contribution in [2.75, 3.05) is 39.8 Å². The minimum atomic E-state index is -2.04. The van der Waals surface area contributed by atoms with E-state index >= 15 is 0 Å². The van der Waals surface area contributed by atoms with E-state index in [0.717, 1.165) is 37.0 Å². The molecular formula is C47H72N12O13. The fourth-order valence-corrected chi connectivity index (χ4v) is 8.59. The first-order valence-electron chi connectivity index (χ1n) is 24.1. The average molecular weight is 1010 g/mol. The topological polar surface area (TPSA) is 403 Å². The van der Waals surface area contributed by atoms with E-state index in [2.05, 4.69) is 42.5 Å². The fraction of sp³-hybridized carbons (Fsp3) is 0.617. The molecule has 1 saturated carbocycles. The lowest BCUT2D eigenvalue weighted by atomic mass is 9.79. The second-order valence-corrected chi connectivity index (χ2v) is 18.9. The zero-order valence-electron chi connectivity index (χ0n) is 41.2. The molecule has 2 aliphatic rings. The molecule has 15 N–H and O–H groups in total. The number of amides is 10. The molecular weight excluding hydrogens is 941 g/mol. The number of likely N-dealkylation sites (N-methyl/N-ethyl adjacent to an activating group) is 1. The normalized spacial score (nSPS) is 23.5. The summed E-state index contributed by atoms with van der Waals surface area (Å²) in [5.74, 6) is -9.37. The molecule has 25 nitrogen and oxygen atoms in total. The highest BCUT2D eigenvalue weighted by Crippen LogP contribution is 2.30. The van der Waals surface area contributed by atoms with Gasteiger partial charge in [0, 0.05) is 39.4 Å². The van der Waals surface area contributed by atoms with Crippen molar-refractivity contribution in [3.63, 3.8) is 0 Å². The van der Waals surface area contributed by atoms with Crippen molar-refractivity contribution in [2.24, 2.45) is 29.0 Å². The largest absolute Gasteiger partial charge is 0.508 e. The van der Waals surface area contributed by atoms with Crippen molar-refractivity contribution < 1.29 is 62.6 Å².